The Labute approximate surface area is 99.2 Å². The number of aromatic nitrogens is 1. The van der Waals surface area contributed by atoms with Gasteiger partial charge in [0.25, 0.3) is 0 Å². The topological polar surface area (TPSA) is 62.2 Å². The Balaban J connectivity index is 1.93. The average molecular weight is 289 g/mol. The van der Waals surface area contributed by atoms with E-state index in [-0.39, 0.29) is 12.0 Å². The standard InChI is InChI=1S/C9H9BrN2O2S/c10-7-4-15-9(12-7)11-6-2-1-5(3-6)8(13)14/h1-2,4-6H,3H2,(H,11,12)(H,13,14). The first-order valence-electron chi connectivity index (χ1n) is 4.44. The molecule has 0 amide bonds. The number of hydrogen-bond acceptors (Lipinski definition) is 4. The van der Waals surface area contributed by atoms with Crippen molar-refractivity contribution in [3.63, 3.8) is 0 Å². The smallest absolute Gasteiger partial charge is 0.310 e. The van der Waals surface area contributed by atoms with Gasteiger partial charge >= 0.3 is 5.97 Å². The van der Waals surface area contributed by atoms with Crippen molar-refractivity contribution in [1.29, 1.82) is 0 Å². The molecule has 0 radical (unpaired) electrons. The van der Waals surface area contributed by atoms with Crippen LogP contribution >= 0.6 is 27.3 Å². The fourth-order valence-electron chi connectivity index (χ4n) is 1.47. The van der Waals surface area contributed by atoms with Gasteiger partial charge in [-0.3, -0.25) is 4.79 Å². The number of carboxylic acids is 1. The molecule has 4 nitrogen and oxygen atoms in total. The summed E-state index contributed by atoms with van der Waals surface area (Å²) in [6.45, 7) is 0. The number of nitrogens with zero attached hydrogens (tertiary/aromatic N) is 1. The highest BCUT2D eigenvalue weighted by Gasteiger charge is 2.24. The van der Waals surface area contributed by atoms with E-state index < -0.39 is 5.97 Å². The monoisotopic (exact) mass is 288 g/mol. The molecule has 0 saturated carbocycles. The molecule has 0 spiro atoms. The van der Waals surface area contributed by atoms with Gasteiger partial charge in [0.2, 0.25) is 0 Å². The summed E-state index contributed by atoms with van der Waals surface area (Å²) in [6, 6.07) is 0.0733. The second-order valence-electron chi connectivity index (χ2n) is 3.29. The van der Waals surface area contributed by atoms with Gasteiger partial charge in [-0.15, -0.1) is 11.3 Å². The summed E-state index contributed by atoms with van der Waals surface area (Å²) in [5.74, 6) is -1.14. The second-order valence-corrected chi connectivity index (χ2v) is 4.96. The number of aliphatic carboxylic acids is 1. The summed E-state index contributed by atoms with van der Waals surface area (Å²) >= 11 is 4.76. The van der Waals surface area contributed by atoms with Crippen molar-refractivity contribution in [1.82, 2.24) is 4.98 Å². The highest BCUT2D eigenvalue weighted by Crippen LogP contribution is 2.25. The Kier molecular flexibility index (Phi) is 3.06. The van der Waals surface area contributed by atoms with Gasteiger partial charge in [-0.2, -0.15) is 0 Å². The predicted octanol–water partition coefficient (Wildman–Crippen LogP) is 2.35. The molecule has 2 rings (SSSR count). The largest absolute Gasteiger partial charge is 0.481 e. The van der Waals surface area contributed by atoms with Crippen molar-refractivity contribution < 1.29 is 9.90 Å². The third-order valence-electron chi connectivity index (χ3n) is 2.19. The van der Waals surface area contributed by atoms with Crippen LogP contribution in [0.3, 0.4) is 0 Å². The zero-order chi connectivity index (χ0) is 10.8. The molecule has 1 heterocycles. The van der Waals surface area contributed by atoms with E-state index in [4.69, 9.17) is 5.11 Å². The maximum Gasteiger partial charge on any atom is 0.310 e. The number of nitrogens with one attached hydrogen (secondary N) is 1. The van der Waals surface area contributed by atoms with Crippen molar-refractivity contribution >= 4 is 38.4 Å². The van der Waals surface area contributed by atoms with E-state index in [1.807, 2.05) is 11.5 Å². The quantitative estimate of drug-likeness (QED) is 0.838. The number of halogens is 1. The fraction of sp³-hybridized carbons (Fsp3) is 0.333. The lowest BCUT2D eigenvalue weighted by Crippen LogP contribution is -2.18. The van der Waals surface area contributed by atoms with Crippen LogP contribution in [0, 0.1) is 5.92 Å². The molecule has 6 heteroatoms. The van der Waals surface area contributed by atoms with Crippen LogP contribution < -0.4 is 5.32 Å². The molecule has 1 aromatic rings. The number of carbonyl (C=O) groups is 1. The van der Waals surface area contributed by atoms with Gasteiger partial charge in [-0.25, -0.2) is 4.98 Å². The van der Waals surface area contributed by atoms with Crippen molar-refractivity contribution in [3.8, 4) is 0 Å². The maximum atomic E-state index is 10.7. The van der Waals surface area contributed by atoms with E-state index in [1.54, 1.807) is 6.08 Å². The lowest BCUT2D eigenvalue weighted by atomic mass is 10.1. The summed E-state index contributed by atoms with van der Waals surface area (Å²) in [6.07, 6.45) is 4.20. The van der Waals surface area contributed by atoms with Gasteiger partial charge in [0, 0.05) is 11.4 Å². The molecule has 15 heavy (non-hydrogen) atoms. The first-order valence-corrected chi connectivity index (χ1v) is 6.11. The van der Waals surface area contributed by atoms with Gasteiger partial charge in [0.05, 0.1) is 5.92 Å². The van der Waals surface area contributed by atoms with E-state index in [9.17, 15) is 4.79 Å². The van der Waals surface area contributed by atoms with Crippen LogP contribution in [0.15, 0.2) is 22.1 Å². The molecule has 1 aromatic heterocycles. The Morgan fingerprint density at radius 1 is 1.67 bits per heavy atom. The lowest BCUT2D eigenvalue weighted by molar-refractivity contribution is -0.140. The Morgan fingerprint density at radius 3 is 3.00 bits per heavy atom. The number of rotatable bonds is 3. The highest BCUT2D eigenvalue weighted by molar-refractivity contribution is 9.10. The molecule has 80 valence electrons. The molecular formula is C9H9BrN2O2S. The minimum atomic E-state index is -0.768. The molecule has 1 aliphatic rings. The summed E-state index contributed by atoms with van der Waals surface area (Å²) in [7, 11) is 0. The van der Waals surface area contributed by atoms with E-state index in [2.05, 4.69) is 26.2 Å². The molecule has 2 unspecified atom stereocenters. The molecule has 1 aliphatic carbocycles. The van der Waals surface area contributed by atoms with Gasteiger partial charge in [-0.05, 0) is 22.4 Å². The lowest BCUT2D eigenvalue weighted by Gasteiger charge is -2.10. The molecule has 2 atom stereocenters. The minimum absolute atomic E-state index is 0.0733. The van der Waals surface area contributed by atoms with E-state index >= 15 is 0 Å². The molecule has 0 aromatic carbocycles. The third-order valence-corrected chi connectivity index (χ3v) is 3.67. The van der Waals surface area contributed by atoms with Gasteiger partial charge < -0.3 is 10.4 Å². The van der Waals surface area contributed by atoms with Crippen LogP contribution in [0.2, 0.25) is 0 Å². The maximum absolute atomic E-state index is 10.7. The Hall–Kier alpha value is -0.880. The first kappa shape index (κ1) is 10.6. The highest BCUT2D eigenvalue weighted by atomic mass is 79.9. The van der Waals surface area contributed by atoms with E-state index in [0.29, 0.717) is 6.42 Å². The number of carboxylic acid groups (broad SMARTS) is 1. The molecule has 0 aliphatic heterocycles. The van der Waals surface area contributed by atoms with Crippen LogP contribution in [0.5, 0.6) is 0 Å². The van der Waals surface area contributed by atoms with Crippen LogP contribution in [0.1, 0.15) is 6.42 Å². The summed E-state index contributed by atoms with van der Waals surface area (Å²) in [4.78, 5) is 14.9. The van der Waals surface area contributed by atoms with Gasteiger partial charge in [0.15, 0.2) is 5.13 Å². The van der Waals surface area contributed by atoms with Gasteiger partial charge in [-0.1, -0.05) is 12.2 Å². The number of thiazole rings is 1. The van der Waals surface area contributed by atoms with E-state index in [1.165, 1.54) is 11.3 Å². The van der Waals surface area contributed by atoms with Crippen LogP contribution in [0.25, 0.3) is 0 Å². The van der Waals surface area contributed by atoms with Crippen LogP contribution in [-0.4, -0.2) is 22.1 Å². The SMILES string of the molecule is O=C(O)C1C=CC(Nc2nc(Br)cs2)C1. The molecule has 0 bridgehead atoms. The summed E-state index contributed by atoms with van der Waals surface area (Å²) < 4.78 is 0.798. The van der Waals surface area contributed by atoms with E-state index in [0.717, 1.165) is 9.73 Å². The van der Waals surface area contributed by atoms with Crippen molar-refractivity contribution in [2.45, 2.75) is 12.5 Å². The van der Waals surface area contributed by atoms with Crippen LogP contribution in [0.4, 0.5) is 5.13 Å². The van der Waals surface area contributed by atoms with Crippen LogP contribution in [-0.2, 0) is 4.79 Å². The fourth-order valence-corrected chi connectivity index (χ4v) is 2.68. The molecule has 0 fully saturated rings. The summed E-state index contributed by atoms with van der Waals surface area (Å²) in [5, 5.41) is 14.7. The zero-order valence-electron chi connectivity index (χ0n) is 7.68. The number of anilines is 1. The summed E-state index contributed by atoms with van der Waals surface area (Å²) in [5.41, 5.74) is 0. The normalized spacial score (nSPS) is 24.3. The zero-order valence-corrected chi connectivity index (χ0v) is 10.1. The molecule has 2 N–H and O–H groups in total. The van der Waals surface area contributed by atoms with Gasteiger partial charge in [0.1, 0.15) is 4.60 Å². The third kappa shape index (κ3) is 2.57. The van der Waals surface area contributed by atoms with Crippen molar-refractivity contribution in [3.05, 3.63) is 22.1 Å². The predicted molar refractivity (Wildman–Crippen MR) is 62.1 cm³/mol. The Morgan fingerprint density at radius 2 is 2.47 bits per heavy atom. The minimum Gasteiger partial charge on any atom is -0.481 e. The Bertz CT molecular complexity index is 405. The molecular weight excluding hydrogens is 280 g/mol. The first-order chi connectivity index (χ1) is 7.15. The average Bonchev–Trinajstić information content (AvgIpc) is 2.76. The van der Waals surface area contributed by atoms with Crippen molar-refractivity contribution in [2.24, 2.45) is 5.92 Å². The molecule has 0 saturated heterocycles. The second kappa shape index (κ2) is 4.32. The number of hydrogen-bond donors (Lipinski definition) is 2. The van der Waals surface area contributed by atoms with Crippen molar-refractivity contribution in [2.75, 3.05) is 5.32 Å².